The Kier molecular flexibility index (Phi) is 5.08. The Hall–Kier alpha value is -2.14. The molecule has 5 heteroatoms. The molecule has 0 unspecified atom stereocenters. The summed E-state index contributed by atoms with van der Waals surface area (Å²) < 4.78 is 5.31. The van der Waals surface area contributed by atoms with Gasteiger partial charge in [0.15, 0.2) is 0 Å². The van der Waals surface area contributed by atoms with E-state index in [1.54, 1.807) is 19.5 Å². The van der Waals surface area contributed by atoms with E-state index in [2.05, 4.69) is 33.1 Å². The molecule has 0 saturated carbocycles. The van der Waals surface area contributed by atoms with Gasteiger partial charge in [-0.3, -0.25) is 9.88 Å². The monoisotopic (exact) mass is 312 g/mol. The van der Waals surface area contributed by atoms with E-state index in [-0.39, 0.29) is 0 Å². The molecule has 1 fully saturated rings. The van der Waals surface area contributed by atoms with E-state index in [0.717, 1.165) is 37.5 Å². The van der Waals surface area contributed by atoms with Crippen LogP contribution in [0, 0.1) is 5.92 Å². The molecule has 2 N–H and O–H groups in total. The van der Waals surface area contributed by atoms with Crippen LogP contribution in [-0.2, 0) is 13.0 Å². The standard InChI is InChI=1S/C18H24N4O/c1-23-16-6-2-4-14(10-16)12-22-9-3-5-15(13-22)11-17-18(19)21-8-7-20-17/h2,4,6-8,10,15H,3,5,9,11-13H2,1H3,(H2,19,21)/t15-/m1/s1. The largest absolute Gasteiger partial charge is 0.497 e. The smallest absolute Gasteiger partial charge is 0.145 e. The van der Waals surface area contributed by atoms with Crippen molar-refractivity contribution in [1.29, 1.82) is 0 Å². The number of anilines is 1. The van der Waals surface area contributed by atoms with Crippen molar-refractivity contribution < 1.29 is 4.74 Å². The first-order valence-electron chi connectivity index (χ1n) is 8.15. The van der Waals surface area contributed by atoms with Gasteiger partial charge in [0.2, 0.25) is 0 Å². The Morgan fingerprint density at radius 3 is 3.00 bits per heavy atom. The maximum atomic E-state index is 5.93. The number of piperidine rings is 1. The topological polar surface area (TPSA) is 64.3 Å². The first-order valence-corrected chi connectivity index (χ1v) is 8.15. The van der Waals surface area contributed by atoms with E-state index in [0.29, 0.717) is 11.7 Å². The number of nitrogens with two attached hydrogens (primary N) is 1. The lowest BCUT2D eigenvalue weighted by Gasteiger charge is -2.32. The fraction of sp³-hybridized carbons (Fsp3) is 0.444. The molecule has 2 aromatic rings. The van der Waals surface area contributed by atoms with Crippen LogP contribution in [-0.4, -0.2) is 35.1 Å². The minimum absolute atomic E-state index is 0.567. The molecule has 23 heavy (non-hydrogen) atoms. The summed E-state index contributed by atoms with van der Waals surface area (Å²) >= 11 is 0. The van der Waals surface area contributed by atoms with Crippen molar-refractivity contribution in [2.24, 2.45) is 5.92 Å². The summed E-state index contributed by atoms with van der Waals surface area (Å²) in [5.74, 6) is 2.08. The van der Waals surface area contributed by atoms with E-state index in [4.69, 9.17) is 10.5 Å². The van der Waals surface area contributed by atoms with Crippen molar-refractivity contribution in [2.75, 3.05) is 25.9 Å². The number of likely N-dealkylation sites (tertiary alicyclic amines) is 1. The van der Waals surface area contributed by atoms with Crippen molar-refractivity contribution >= 4 is 5.82 Å². The van der Waals surface area contributed by atoms with Gasteiger partial charge in [0.25, 0.3) is 0 Å². The maximum absolute atomic E-state index is 5.93. The Bertz CT molecular complexity index is 646. The quantitative estimate of drug-likeness (QED) is 0.919. The van der Waals surface area contributed by atoms with Crippen LogP contribution in [0.4, 0.5) is 5.82 Å². The summed E-state index contributed by atoms with van der Waals surface area (Å²) in [5, 5.41) is 0. The van der Waals surface area contributed by atoms with Gasteiger partial charge >= 0.3 is 0 Å². The summed E-state index contributed by atoms with van der Waals surface area (Å²) in [6, 6.07) is 8.31. The molecule has 0 aliphatic carbocycles. The highest BCUT2D eigenvalue weighted by molar-refractivity contribution is 5.33. The van der Waals surface area contributed by atoms with Crippen LogP contribution in [0.25, 0.3) is 0 Å². The van der Waals surface area contributed by atoms with E-state index in [1.165, 1.54) is 18.4 Å². The van der Waals surface area contributed by atoms with Gasteiger partial charge in [-0.1, -0.05) is 12.1 Å². The third-order valence-corrected chi connectivity index (χ3v) is 4.43. The van der Waals surface area contributed by atoms with Crippen LogP contribution in [0.15, 0.2) is 36.7 Å². The third kappa shape index (κ3) is 4.20. The zero-order valence-corrected chi connectivity index (χ0v) is 13.6. The van der Waals surface area contributed by atoms with Crippen molar-refractivity contribution in [3.8, 4) is 5.75 Å². The van der Waals surface area contributed by atoms with Gasteiger partial charge in [-0.25, -0.2) is 4.98 Å². The number of aromatic nitrogens is 2. The predicted molar refractivity (Wildman–Crippen MR) is 91.1 cm³/mol. The van der Waals surface area contributed by atoms with Crippen LogP contribution in [0.2, 0.25) is 0 Å². The lowest BCUT2D eigenvalue weighted by Crippen LogP contribution is -2.36. The van der Waals surface area contributed by atoms with E-state index < -0.39 is 0 Å². The Balaban J connectivity index is 1.60. The molecule has 1 aliphatic heterocycles. The molecular weight excluding hydrogens is 288 g/mol. The highest BCUT2D eigenvalue weighted by atomic mass is 16.5. The minimum atomic E-state index is 0.567. The number of nitrogen functional groups attached to an aromatic ring is 1. The summed E-state index contributed by atoms with van der Waals surface area (Å²) in [6.07, 6.45) is 6.73. The average Bonchev–Trinajstić information content (AvgIpc) is 2.57. The molecule has 122 valence electrons. The number of hydrogen-bond donors (Lipinski definition) is 1. The molecule has 2 heterocycles. The molecule has 1 saturated heterocycles. The second-order valence-corrected chi connectivity index (χ2v) is 6.19. The molecule has 3 rings (SSSR count). The van der Waals surface area contributed by atoms with Crippen molar-refractivity contribution in [1.82, 2.24) is 14.9 Å². The van der Waals surface area contributed by atoms with Gasteiger partial charge in [0.05, 0.1) is 12.8 Å². The maximum Gasteiger partial charge on any atom is 0.145 e. The Labute approximate surface area is 137 Å². The number of nitrogens with zero attached hydrogens (tertiary/aromatic N) is 3. The number of ether oxygens (including phenoxy) is 1. The molecule has 1 aliphatic rings. The lowest BCUT2D eigenvalue weighted by atomic mass is 9.93. The summed E-state index contributed by atoms with van der Waals surface area (Å²) in [7, 11) is 1.71. The first kappa shape index (κ1) is 15.7. The first-order chi connectivity index (χ1) is 11.2. The molecule has 0 spiro atoms. The molecule has 1 aromatic carbocycles. The zero-order chi connectivity index (χ0) is 16.1. The fourth-order valence-corrected chi connectivity index (χ4v) is 3.30. The second kappa shape index (κ2) is 7.42. The number of hydrogen-bond acceptors (Lipinski definition) is 5. The van der Waals surface area contributed by atoms with Crippen molar-refractivity contribution in [3.63, 3.8) is 0 Å². The molecule has 0 amide bonds. The minimum Gasteiger partial charge on any atom is -0.497 e. The van der Waals surface area contributed by atoms with Gasteiger partial charge in [-0.05, 0) is 49.4 Å². The van der Waals surface area contributed by atoms with E-state index in [1.807, 2.05) is 6.07 Å². The average molecular weight is 312 g/mol. The highest BCUT2D eigenvalue weighted by Gasteiger charge is 2.21. The zero-order valence-electron chi connectivity index (χ0n) is 13.6. The molecular formula is C18H24N4O. The van der Waals surface area contributed by atoms with Gasteiger partial charge in [0, 0.05) is 25.5 Å². The SMILES string of the molecule is COc1cccc(CN2CCC[C@H](Cc3nccnc3N)C2)c1. The van der Waals surface area contributed by atoms with Gasteiger partial charge in [-0.2, -0.15) is 0 Å². The molecule has 1 aromatic heterocycles. The van der Waals surface area contributed by atoms with Gasteiger partial charge < -0.3 is 10.5 Å². The predicted octanol–water partition coefficient (Wildman–Crippen LogP) is 2.52. The van der Waals surface area contributed by atoms with Crippen LogP contribution >= 0.6 is 0 Å². The molecule has 0 bridgehead atoms. The van der Waals surface area contributed by atoms with Crippen LogP contribution in [0.3, 0.4) is 0 Å². The summed E-state index contributed by atoms with van der Waals surface area (Å²) in [4.78, 5) is 11.0. The fourth-order valence-electron chi connectivity index (χ4n) is 3.30. The van der Waals surface area contributed by atoms with Crippen molar-refractivity contribution in [2.45, 2.75) is 25.8 Å². The number of rotatable bonds is 5. The van der Waals surface area contributed by atoms with Crippen LogP contribution in [0.5, 0.6) is 5.75 Å². The van der Waals surface area contributed by atoms with E-state index >= 15 is 0 Å². The van der Waals surface area contributed by atoms with E-state index in [9.17, 15) is 0 Å². The normalized spacial score (nSPS) is 18.7. The van der Waals surface area contributed by atoms with Gasteiger partial charge in [0.1, 0.15) is 11.6 Å². The second-order valence-electron chi connectivity index (χ2n) is 6.19. The highest BCUT2D eigenvalue weighted by Crippen LogP contribution is 2.23. The molecule has 5 nitrogen and oxygen atoms in total. The summed E-state index contributed by atoms with van der Waals surface area (Å²) in [5.41, 5.74) is 8.15. The number of methoxy groups -OCH3 is 1. The molecule has 0 radical (unpaired) electrons. The van der Waals surface area contributed by atoms with Crippen molar-refractivity contribution in [3.05, 3.63) is 47.9 Å². The number of benzene rings is 1. The van der Waals surface area contributed by atoms with Crippen LogP contribution < -0.4 is 10.5 Å². The van der Waals surface area contributed by atoms with Gasteiger partial charge in [-0.15, -0.1) is 0 Å². The summed E-state index contributed by atoms with van der Waals surface area (Å²) in [6.45, 7) is 3.18. The Morgan fingerprint density at radius 1 is 1.30 bits per heavy atom. The Morgan fingerprint density at radius 2 is 2.17 bits per heavy atom. The lowest BCUT2D eigenvalue weighted by molar-refractivity contribution is 0.166. The van der Waals surface area contributed by atoms with Crippen LogP contribution in [0.1, 0.15) is 24.1 Å². The third-order valence-electron chi connectivity index (χ3n) is 4.43. The molecule has 1 atom stereocenters.